The maximum absolute atomic E-state index is 5.90. The van der Waals surface area contributed by atoms with Gasteiger partial charge in [-0.15, -0.1) is 0 Å². The van der Waals surface area contributed by atoms with Crippen molar-refractivity contribution in [1.82, 2.24) is 15.0 Å². The third-order valence-corrected chi connectivity index (χ3v) is 3.62. The number of benzene rings is 2. The minimum atomic E-state index is 0.470. The Hall–Kier alpha value is -2.66. The third-order valence-electron chi connectivity index (χ3n) is 3.62. The lowest BCUT2D eigenvalue weighted by atomic mass is 10.1. The summed E-state index contributed by atoms with van der Waals surface area (Å²) in [5.74, 6) is 1.80. The van der Waals surface area contributed by atoms with Crippen molar-refractivity contribution < 1.29 is 9.26 Å². The van der Waals surface area contributed by atoms with Gasteiger partial charge in [-0.05, 0) is 33.2 Å². The van der Waals surface area contributed by atoms with Crippen LogP contribution in [0.2, 0.25) is 0 Å². The number of hydrogen-bond donors (Lipinski definition) is 0. The van der Waals surface area contributed by atoms with Crippen LogP contribution in [0.4, 0.5) is 0 Å². The van der Waals surface area contributed by atoms with Crippen molar-refractivity contribution in [3.8, 4) is 28.6 Å². The van der Waals surface area contributed by atoms with Crippen LogP contribution in [-0.4, -0.2) is 42.3 Å². The molecule has 0 amide bonds. The van der Waals surface area contributed by atoms with Gasteiger partial charge in [0.1, 0.15) is 12.4 Å². The van der Waals surface area contributed by atoms with E-state index < -0.39 is 0 Å². The normalized spacial score (nSPS) is 11.0. The zero-order valence-corrected chi connectivity index (χ0v) is 14.2. The van der Waals surface area contributed by atoms with E-state index in [1.807, 2.05) is 69.6 Å². The van der Waals surface area contributed by atoms with E-state index in [9.17, 15) is 0 Å². The van der Waals surface area contributed by atoms with Crippen molar-refractivity contribution >= 4 is 0 Å². The molecule has 0 N–H and O–H groups in total. The van der Waals surface area contributed by atoms with Crippen molar-refractivity contribution in [2.24, 2.45) is 0 Å². The van der Waals surface area contributed by atoms with Gasteiger partial charge in [-0.3, -0.25) is 0 Å². The second-order valence-electron chi connectivity index (χ2n) is 5.94. The predicted octanol–water partition coefficient (Wildman–Crippen LogP) is 3.65. The van der Waals surface area contributed by atoms with Crippen LogP contribution in [0.5, 0.6) is 5.75 Å². The molecule has 24 heavy (non-hydrogen) atoms. The number of likely N-dealkylation sites (N-methyl/N-ethyl adjacent to an activating group) is 1. The van der Waals surface area contributed by atoms with Crippen LogP contribution in [0, 0.1) is 6.92 Å². The lowest BCUT2D eigenvalue weighted by Gasteiger charge is -2.13. The molecule has 0 radical (unpaired) electrons. The largest absolute Gasteiger partial charge is 0.491 e. The van der Waals surface area contributed by atoms with Crippen LogP contribution < -0.4 is 4.74 Å². The fraction of sp³-hybridized carbons (Fsp3) is 0.263. The smallest absolute Gasteiger partial charge is 0.262 e. The molecule has 3 aromatic rings. The van der Waals surface area contributed by atoms with Gasteiger partial charge < -0.3 is 14.2 Å². The second-order valence-corrected chi connectivity index (χ2v) is 5.94. The molecule has 0 spiro atoms. The standard InChI is InChI=1S/C19H21N3O2/c1-14-9-10-17(23-12-11-22(2)3)16(13-14)19-20-18(21-24-19)15-7-5-4-6-8-15/h4-10,13H,11-12H2,1-3H3. The number of aryl methyl sites for hydroxylation is 1. The van der Waals surface area contributed by atoms with E-state index in [1.54, 1.807) is 0 Å². The van der Waals surface area contributed by atoms with E-state index in [0.29, 0.717) is 18.3 Å². The van der Waals surface area contributed by atoms with Gasteiger partial charge in [0.25, 0.3) is 5.89 Å². The maximum Gasteiger partial charge on any atom is 0.262 e. The first-order valence-corrected chi connectivity index (χ1v) is 7.91. The highest BCUT2D eigenvalue weighted by molar-refractivity contribution is 5.66. The van der Waals surface area contributed by atoms with Gasteiger partial charge in [0.15, 0.2) is 0 Å². The van der Waals surface area contributed by atoms with Crippen LogP contribution in [0.25, 0.3) is 22.8 Å². The number of ether oxygens (including phenoxy) is 1. The molecule has 0 aliphatic carbocycles. The molecule has 0 aliphatic heterocycles. The monoisotopic (exact) mass is 323 g/mol. The van der Waals surface area contributed by atoms with E-state index in [4.69, 9.17) is 9.26 Å². The minimum Gasteiger partial charge on any atom is -0.491 e. The number of hydrogen-bond acceptors (Lipinski definition) is 5. The van der Waals surface area contributed by atoms with Crippen LogP contribution in [0.1, 0.15) is 5.56 Å². The van der Waals surface area contributed by atoms with Crippen molar-refractivity contribution in [3.05, 3.63) is 54.1 Å². The van der Waals surface area contributed by atoms with E-state index in [1.165, 1.54) is 0 Å². The Balaban J connectivity index is 1.88. The summed E-state index contributed by atoms with van der Waals surface area (Å²) in [5.41, 5.74) is 2.86. The molecule has 0 unspecified atom stereocenters. The quantitative estimate of drug-likeness (QED) is 0.693. The maximum atomic E-state index is 5.90. The van der Waals surface area contributed by atoms with Gasteiger partial charge in [-0.1, -0.05) is 47.1 Å². The molecule has 1 aromatic heterocycles. The average Bonchev–Trinajstić information content (AvgIpc) is 3.06. The van der Waals surface area contributed by atoms with Gasteiger partial charge in [0.05, 0.1) is 5.56 Å². The summed E-state index contributed by atoms with van der Waals surface area (Å²) in [6, 6.07) is 15.8. The first kappa shape index (κ1) is 16.2. The van der Waals surface area contributed by atoms with Crippen molar-refractivity contribution in [1.29, 1.82) is 0 Å². The summed E-state index contributed by atoms with van der Waals surface area (Å²) < 4.78 is 11.4. The van der Waals surface area contributed by atoms with E-state index in [2.05, 4.69) is 15.0 Å². The summed E-state index contributed by atoms with van der Waals surface area (Å²) in [4.78, 5) is 6.60. The molecule has 0 saturated heterocycles. The Morgan fingerprint density at radius 2 is 1.88 bits per heavy atom. The second kappa shape index (κ2) is 7.27. The number of rotatable bonds is 6. The van der Waals surface area contributed by atoms with Crippen LogP contribution in [-0.2, 0) is 0 Å². The first-order valence-electron chi connectivity index (χ1n) is 7.91. The molecule has 0 aliphatic rings. The molecule has 0 bridgehead atoms. The molecular formula is C19H21N3O2. The summed E-state index contributed by atoms with van der Waals surface area (Å²) in [7, 11) is 4.03. The van der Waals surface area contributed by atoms with Crippen molar-refractivity contribution in [2.75, 3.05) is 27.2 Å². The molecule has 0 fully saturated rings. The summed E-state index contributed by atoms with van der Waals surface area (Å²) >= 11 is 0. The molecule has 0 saturated carbocycles. The van der Waals surface area contributed by atoms with E-state index in [-0.39, 0.29) is 0 Å². The predicted molar refractivity (Wildman–Crippen MR) is 94.0 cm³/mol. The van der Waals surface area contributed by atoms with Crippen molar-refractivity contribution in [3.63, 3.8) is 0 Å². The molecule has 5 heteroatoms. The highest BCUT2D eigenvalue weighted by atomic mass is 16.5. The third kappa shape index (κ3) is 3.81. The Morgan fingerprint density at radius 1 is 1.08 bits per heavy atom. The highest BCUT2D eigenvalue weighted by Crippen LogP contribution is 2.31. The highest BCUT2D eigenvalue weighted by Gasteiger charge is 2.15. The summed E-state index contributed by atoms with van der Waals surface area (Å²) in [5, 5.41) is 4.09. The Kier molecular flexibility index (Phi) is 4.91. The fourth-order valence-electron chi connectivity index (χ4n) is 2.31. The van der Waals surface area contributed by atoms with Crippen molar-refractivity contribution in [2.45, 2.75) is 6.92 Å². The van der Waals surface area contributed by atoms with Gasteiger partial charge >= 0.3 is 0 Å². The zero-order valence-electron chi connectivity index (χ0n) is 14.2. The lowest BCUT2D eigenvalue weighted by Crippen LogP contribution is -2.19. The molecule has 5 nitrogen and oxygen atoms in total. The molecule has 124 valence electrons. The lowest BCUT2D eigenvalue weighted by molar-refractivity contribution is 0.261. The Bertz CT molecular complexity index is 797. The average molecular weight is 323 g/mol. The molecule has 1 heterocycles. The van der Waals surface area contributed by atoms with E-state index in [0.717, 1.165) is 29.0 Å². The summed E-state index contributed by atoms with van der Waals surface area (Å²) in [6.07, 6.45) is 0. The van der Waals surface area contributed by atoms with E-state index >= 15 is 0 Å². The van der Waals surface area contributed by atoms with Gasteiger partial charge in [0.2, 0.25) is 5.82 Å². The number of aromatic nitrogens is 2. The molecule has 0 atom stereocenters. The van der Waals surface area contributed by atoms with Crippen LogP contribution in [0.15, 0.2) is 53.1 Å². The minimum absolute atomic E-state index is 0.470. The van der Waals surface area contributed by atoms with Gasteiger partial charge in [-0.2, -0.15) is 4.98 Å². The zero-order chi connectivity index (χ0) is 16.9. The fourth-order valence-corrected chi connectivity index (χ4v) is 2.31. The Labute approximate surface area is 141 Å². The van der Waals surface area contributed by atoms with Crippen LogP contribution >= 0.6 is 0 Å². The molecular weight excluding hydrogens is 302 g/mol. The van der Waals surface area contributed by atoms with Crippen LogP contribution in [0.3, 0.4) is 0 Å². The van der Waals surface area contributed by atoms with Gasteiger partial charge in [0, 0.05) is 12.1 Å². The SMILES string of the molecule is Cc1ccc(OCCN(C)C)c(-c2nc(-c3ccccc3)no2)c1. The molecule has 3 rings (SSSR count). The molecule has 2 aromatic carbocycles. The Morgan fingerprint density at radius 3 is 2.62 bits per heavy atom. The number of nitrogens with zero attached hydrogens (tertiary/aromatic N) is 3. The van der Waals surface area contributed by atoms with Gasteiger partial charge in [-0.25, -0.2) is 0 Å². The first-order chi connectivity index (χ1) is 11.6. The summed E-state index contributed by atoms with van der Waals surface area (Å²) in [6.45, 7) is 3.47. The topological polar surface area (TPSA) is 51.4 Å².